The van der Waals surface area contributed by atoms with Crippen LogP contribution in [-0.2, 0) is 9.53 Å². The van der Waals surface area contributed by atoms with Crippen molar-refractivity contribution in [3.63, 3.8) is 0 Å². The number of carbonyl (C=O) groups excluding carboxylic acids is 3. The van der Waals surface area contributed by atoms with Crippen molar-refractivity contribution in [2.75, 3.05) is 32.4 Å². The van der Waals surface area contributed by atoms with Gasteiger partial charge in [-0.05, 0) is 43.5 Å². The zero-order chi connectivity index (χ0) is 24.0. The number of benzene rings is 2. The lowest BCUT2D eigenvalue weighted by atomic mass is 10.1. The number of ketones is 1. The van der Waals surface area contributed by atoms with Gasteiger partial charge in [0.1, 0.15) is 0 Å². The summed E-state index contributed by atoms with van der Waals surface area (Å²) in [6.45, 7) is 5.59. The quantitative estimate of drug-likeness (QED) is 0.423. The third-order valence-electron chi connectivity index (χ3n) is 4.85. The standard InChI is InChI=1S/C24H27NO8/c1-14(2)7-8-30-19-6-5-16(9-20(19)29-4)24(28)31-12-23(27)25-18-11-22-21(32-13-33-22)10-17(18)15(3)26/h5-6,9-11,14H,7-8,12-13H2,1-4H3,(H,25,27). The molecular formula is C24H27NO8. The second-order valence-electron chi connectivity index (χ2n) is 7.83. The van der Waals surface area contributed by atoms with E-state index in [2.05, 4.69) is 19.2 Å². The number of Topliss-reactive ketones (excluding diaryl/α,β-unsaturated/α-hetero) is 1. The second kappa shape index (κ2) is 10.7. The number of esters is 1. The maximum atomic E-state index is 12.4. The summed E-state index contributed by atoms with van der Waals surface area (Å²) in [5.74, 6) is 0.686. The average Bonchev–Trinajstić information content (AvgIpc) is 3.24. The zero-order valence-corrected chi connectivity index (χ0v) is 19.1. The van der Waals surface area contributed by atoms with Crippen molar-refractivity contribution in [2.45, 2.75) is 27.2 Å². The summed E-state index contributed by atoms with van der Waals surface area (Å²) in [7, 11) is 1.48. The molecule has 0 bridgehead atoms. The molecule has 1 aliphatic rings. The van der Waals surface area contributed by atoms with Gasteiger partial charge in [0.2, 0.25) is 6.79 Å². The molecule has 0 aromatic heterocycles. The van der Waals surface area contributed by atoms with Gasteiger partial charge < -0.3 is 29.0 Å². The van der Waals surface area contributed by atoms with E-state index in [0.29, 0.717) is 35.5 Å². The Morgan fingerprint density at radius 3 is 2.45 bits per heavy atom. The van der Waals surface area contributed by atoms with E-state index in [1.165, 1.54) is 32.2 Å². The number of ether oxygens (including phenoxy) is 5. The maximum absolute atomic E-state index is 12.4. The molecule has 0 atom stereocenters. The highest BCUT2D eigenvalue weighted by Crippen LogP contribution is 2.37. The number of carbonyl (C=O) groups is 3. The fourth-order valence-corrected chi connectivity index (χ4v) is 3.06. The van der Waals surface area contributed by atoms with E-state index >= 15 is 0 Å². The predicted octanol–water partition coefficient (Wildman–Crippen LogP) is 3.85. The molecule has 0 fully saturated rings. The van der Waals surface area contributed by atoms with E-state index in [1.807, 2.05) is 0 Å². The molecule has 2 aromatic rings. The number of hydrogen-bond donors (Lipinski definition) is 1. The second-order valence-corrected chi connectivity index (χ2v) is 7.83. The van der Waals surface area contributed by atoms with E-state index in [9.17, 15) is 14.4 Å². The highest BCUT2D eigenvalue weighted by atomic mass is 16.7. The molecule has 1 aliphatic heterocycles. The van der Waals surface area contributed by atoms with Crippen molar-refractivity contribution < 1.29 is 38.1 Å². The van der Waals surface area contributed by atoms with Crippen LogP contribution in [0.2, 0.25) is 0 Å². The van der Waals surface area contributed by atoms with E-state index in [-0.39, 0.29) is 29.4 Å². The van der Waals surface area contributed by atoms with Crippen LogP contribution in [0.15, 0.2) is 30.3 Å². The van der Waals surface area contributed by atoms with Crippen LogP contribution in [0.4, 0.5) is 5.69 Å². The Morgan fingerprint density at radius 1 is 1.06 bits per heavy atom. The summed E-state index contributed by atoms with van der Waals surface area (Å²) in [6.07, 6.45) is 0.886. The van der Waals surface area contributed by atoms with Gasteiger partial charge in [-0.3, -0.25) is 9.59 Å². The molecule has 2 aromatic carbocycles. The molecular weight excluding hydrogens is 430 g/mol. The first-order chi connectivity index (χ1) is 15.8. The first kappa shape index (κ1) is 23.9. The van der Waals surface area contributed by atoms with Crippen molar-refractivity contribution in [3.8, 4) is 23.0 Å². The Balaban J connectivity index is 1.60. The molecule has 0 saturated heterocycles. The van der Waals surface area contributed by atoms with Crippen LogP contribution in [0, 0.1) is 5.92 Å². The van der Waals surface area contributed by atoms with Gasteiger partial charge in [-0.1, -0.05) is 13.8 Å². The molecule has 0 spiro atoms. The number of hydrogen-bond acceptors (Lipinski definition) is 8. The monoisotopic (exact) mass is 457 g/mol. The van der Waals surface area contributed by atoms with E-state index in [4.69, 9.17) is 23.7 Å². The van der Waals surface area contributed by atoms with Crippen molar-refractivity contribution >= 4 is 23.3 Å². The highest BCUT2D eigenvalue weighted by Gasteiger charge is 2.21. The minimum atomic E-state index is -0.699. The third kappa shape index (κ3) is 6.15. The normalized spacial score (nSPS) is 11.8. The van der Waals surface area contributed by atoms with Crippen molar-refractivity contribution in [1.82, 2.24) is 0 Å². The Hall–Kier alpha value is -3.75. The minimum absolute atomic E-state index is 0.0344. The van der Waals surface area contributed by atoms with Crippen LogP contribution in [0.3, 0.4) is 0 Å². The Labute approximate surface area is 191 Å². The number of anilines is 1. The number of fused-ring (bicyclic) bond motifs is 1. The summed E-state index contributed by atoms with van der Waals surface area (Å²) in [4.78, 5) is 36.7. The van der Waals surface area contributed by atoms with E-state index in [0.717, 1.165) is 6.42 Å². The highest BCUT2D eigenvalue weighted by molar-refractivity contribution is 6.05. The summed E-state index contributed by atoms with van der Waals surface area (Å²) in [5, 5.41) is 2.58. The van der Waals surface area contributed by atoms with Gasteiger partial charge in [-0.25, -0.2) is 4.79 Å². The lowest BCUT2D eigenvalue weighted by molar-refractivity contribution is -0.119. The molecule has 176 valence electrons. The molecule has 0 unspecified atom stereocenters. The average molecular weight is 457 g/mol. The van der Waals surface area contributed by atoms with E-state index in [1.54, 1.807) is 12.1 Å². The minimum Gasteiger partial charge on any atom is -0.493 e. The zero-order valence-electron chi connectivity index (χ0n) is 19.1. The fraction of sp³-hybridized carbons (Fsp3) is 0.375. The Morgan fingerprint density at radius 2 is 1.79 bits per heavy atom. The van der Waals surface area contributed by atoms with Gasteiger partial charge in [0.25, 0.3) is 5.91 Å². The molecule has 3 rings (SSSR count). The van der Waals surface area contributed by atoms with Gasteiger partial charge >= 0.3 is 5.97 Å². The van der Waals surface area contributed by atoms with Gasteiger partial charge in [-0.2, -0.15) is 0 Å². The van der Waals surface area contributed by atoms with E-state index < -0.39 is 18.5 Å². The summed E-state index contributed by atoms with van der Waals surface area (Å²) in [5.41, 5.74) is 0.720. The van der Waals surface area contributed by atoms with Crippen LogP contribution in [-0.4, -0.2) is 44.8 Å². The largest absolute Gasteiger partial charge is 0.493 e. The maximum Gasteiger partial charge on any atom is 0.338 e. The molecule has 9 nitrogen and oxygen atoms in total. The van der Waals surface area contributed by atoms with Crippen molar-refractivity contribution in [3.05, 3.63) is 41.5 Å². The smallest absolute Gasteiger partial charge is 0.338 e. The third-order valence-corrected chi connectivity index (χ3v) is 4.85. The molecule has 1 amide bonds. The number of nitrogens with one attached hydrogen (secondary N) is 1. The van der Waals surface area contributed by atoms with Crippen LogP contribution >= 0.6 is 0 Å². The Bertz CT molecular complexity index is 1050. The molecule has 33 heavy (non-hydrogen) atoms. The predicted molar refractivity (Wildman–Crippen MR) is 119 cm³/mol. The number of methoxy groups -OCH3 is 1. The van der Waals surface area contributed by atoms with Gasteiger partial charge in [-0.15, -0.1) is 0 Å². The molecule has 0 saturated carbocycles. The first-order valence-electron chi connectivity index (χ1n) is 10.5. The first-order valence-corrected chi connectivity index (χ1v) is 10.5. The lowest BCUT2D eigenvalue weighted by Crippen LogP contribution is -2.22. The topological polar surface area (TPSA) is 109 Å². The SMILES string of the molecule is COc1cc(C(=O)OCC(=O)Nc2cc3c(cc2C(C)=O)OCO3)ccc1OCCC(C)C. The van der Waals surface area contributed by atoms with Crippen molar-refractivity contribution in [1.29, 1.82) is 0 Å². The van der Waals surface area contributed by atoms with Crippen LogP contribution < -0.4 is 24.3 Å². The van der Waals surface area contributed by atoms with Gasteiger partial charge in [0.05, 0.1) is 25.0 Å². The summed E-state index contributed by atoms with van der Waals surface area (Å²) in [6, 6.07) is 7.67. The summed E-state index contributed by atoms with van der Waals surface area (Å²) >= 11 is 0. The van der Waals surface area contributed by atoms with Crippen LogP contribution in [0.25, 0.3) is 0 Å². The number of amides is 1. The lowest BCUT2D eigenvalue weighted by Gasteiger charge is -2.13. The molecule has 0 aliphatic carbocycles. The van der Waals surface area contributed by atoms with Gasteiger partial charge in [0, 0.05) is 11.6 Å². The van der Waals surface area contributed by atoms with Crippen LogP contribution in [0.1, 0.15) is 47.9 Å². The number of rotatable bonds is 10. The molecule has 0 radical (unpaired) electrons. The molecule has 1 heterocycles. The van der Waals surface area contributed by atoms with Crippen molar-refractivity contribution in [2.24, 2.45) is 5.92 Å². The Kier molecular flexibility index (Phi) is 7.76. The molecule has 1 N–H and O–H groups in total. The van der Waals surface area contributed by atoms with Crippen LogP contribution in [0.5, 0.6) is 23.0 Å². The summed E-state index contributed by atoms with van der Waals surface area (Å²) < 4.78 is 26.7. The van der Waals surface area contributed by atoms with Gasteiger partial charge in [0.15, 0.2) is 35.4 Å². The fourth-order valence-electron chi connectivity index (χ4n) is 3.06. The molecule has 9 heteroatoms.